The molecule has 2 heterocycles. The van der Waals surface area contributed by atoms with Crippen LogP contribution in [0.15, 0.2) is 60.9 Å². The van der Waals surface area contributed by atoms with Crippen molar-refractivity contribution in [3.63, 3.8) is 0 Å². The highest BCUT2D eigenvalue weighted by molar-refractivity contribution is 5.65. The number of nitrogens with one attached hydrogen (secondary N) is 2. The molecular formula is C20H21N5. The Balaban J connectivity index is 1.66. The van der Waals surface area contributed by atoms with Crippen LogP contribution in [-0.4, -0.2) is 21.0 Å². The van der Waals surface area contributed by atoms with E-state index >= 15 is 0 Å². The van der Waals surface area contributed by atoms with Gasteiger partial charge in [-0.05, 0) is 25.0 Å². The maximum atomic E-state index is 4.73. The van der Waals surface area contributed by atoms with Crippen molar-refractivity contribution in [2.24, 2.45) is 0 Å². The van der Waals surface area contributed by atoms with Crippen LogP contribution < -0.4 is 10.6 Å². The van der Waals surface area contributed by atoms with E-state index in [2.05, 4.69) is 15.6 Å². The molecule has 0 saturated heterocycles. The van der Waals surface area contributed by atoms with E-state index in [4.69, 9.17) is 9.97 Å². The summed E-state index contributed by atoms with van der Waals surface area (Å²) in [6, 6.07) is 16.4. The molecule has 5 nitrogen and oxygen atoms in total. The van der Waals surface area contributed by atoms with E-state index in [-0.39, 0.29) is 0 Å². The van der Waals surface area contributed by atoms with Crippen LogP contribution in [0.5, 0.6) is 0 Å². The first kappa shape index (κ1) is 15.6. The van der Waals surface area contributed by atoms with E-state index in [0.717, 1.165) is 28.7 Å². The van der Waals surface area contributed by atoms with Gasteiger partial charge in [0, 0.05) is 35.8 Å². The van der Waals surface area contributed by atoms with Gasteiger partial charge in [0.05, 0.1) is 0 Å². The smallest absolute Gasteiger partial charge is 0.163 e. The van der Waals surface area contributed by atoms with E-state index in [1.807, 2.05) is 48.5 Å². The van der Waals surface area contributed by atoms with Crippen molar-refractivity contribution in [1.82, 2.24) is 15.0 Å². The van der Waals surface area contributed by atoms with Crippen LogP contribution in [-0.2, 0) is 0 Å². The lowest BCUT2D eigenvalue weighted by Crippen LogP contribution is -2.16. The highest BCUT2D eigenvalue weighted by atomic mass is 15.1. The summed E-state index contributed by atoms with van der Waals surface area (Å²) in [5.74, 6) is 2.37. The average Bonchev–Trinajstić information content (AvgIpc) is 3.16. The number of aromatic nitrogens is 3. The summed E-state index contributed by atoms with van der Waals surface area (Å²) in [5.41, 5.74) is 1.97. The summed E-state index contributed by atoms with van der Waals surface area (Å²) in [4.78, 5) is 13.5. The maximum absolute atomic E-state index is 4.73. The van der Waals surface area contributed by atoms with Gasteiger partial charge in [-0.2, -0.15) is 0 Å². The Morgan fingerprint density at radius 2 is 1.56 bits per heavy atom. The Hall–Kier alpha value is -2.95. The quantitative estimate of drug-likeness (QED) is 0.713. The lowest BCUT2D eigenvalue weighted by Gasteiger charge is -2.15. The van der Waals surface area contributed by atoms with Gasteiger partial charge in [-0.25, -0.2) is 9.97 Å². The molecule has 4 rings (SSSR count). The van der Waals surface area contributed by atoms with Crippen LogP contribution in [0.2, 0.25) is 0 Å². The normalized spacial score (nSPS) is 14.4. The predicted molar refractivity (Wildman–Crippen MR) is 101 cm³/mol. The van der Waals surface area contributed by atoms with Crippen molar-refractivity contribution in [1.29, 1.82) is 0 Å². The molecule has 1 saturated carbocycles. The summed E-state index contributed by atoms with van der Waals surface area (Å²) < 4.78 is 0. The molecule has 2 N–H and O–H groups in total. The lowest BCUT2D eigenvalue weighted by atomic mass is 10.2. The number of hydrogen-bond donors (Lipinski definition) is 2. The van der Waals surface area contributed by atoms with E-state index in [1.54, 1.807) is 12.4 Å². The second kappa shape index (κ2) is 7.30. The average molecular weight is 331 g/mol. The zero-order valence-corrected chi connectivity index (χ0v) is 14.0. The fraction of sp³-hybridized carbons (Fsp3) is 0.250. The molecule has 3 aromatic rings. The molecule has 25 heavy (non-hydrogen) atoms. The van der Waals surface area contributed by atoms with Gasteiger partial charge in [-0.3, -0.25) is 4.98 Å². The van der Waals surface area contributed by atoms with Crippen LogP contribution in [0, 0.1) is 0 Å². The van der Waals surface area contributed by atoms with Gasteiger partial charge in [0.2, 0.25) is 0 Å². The number of pyridine rings is 1. The van der Waals surface area contributed by atoms with Crippen LogP contribution >= 0.6 is 0 Å². The zero-order valence-electron chi connectivity index (χ0n) is 14.0. The predicted octanol–water partition coefficient (Wildman–Crippen LogP) is 4.64. The molecule has 126 valence electrons. The molecule has 2 aromatic heterocycles. The van der Waals surface area contributed by atoms with Gasteiger partial charge in [0.1, 0.15) is 11.6 Å². The van der Waals surface area contributed by atoms with Crippen LogP contribution in [0.25, 0.3) is 11.4 Å². The molecule has 0 bridgehead atoms. The molecule has 0 amide bonds. The summed E-state index contributed by atoms with van der Waals surface area (Å²) in [7, 11) is 0. The third-order valence-corrected chi connectivity index (χ3v) is 4.42. The molecule has 0 spiro atoms. The zero-order chi connectivity index (χ0) is 16.9. The summed E-state index contributed by atoms with van der Waals surface area (Å²) >= 11 is 0. The van der Waals surface area contributed by atoms with Gasteiger partial charge < -0.3 is 10.6 Å². The SMILES string of the molecule is c1ccc(-c2nc(Nc3ccncc3)cc(NC3CCCC3)n2)cc1. The number of hydrogen-bond acceptors (Lipinski definition) is 5. The van der Waals surface area contributed by atoms with Crippen LogP contribution in [0.4, 0.5) is 17.3 Å². The first-order valence-corrected chi connectivity index (χ1v) is 8.75. The Morgan fingerprint density at radius 3 is 2.32 bits per heavy atom. The van der Waals surface area contributed by atoms with Crippen molar-refractivity contribution in [3.8, 4) is 11.4 Å². The van der Waals surface area contributed by atoms with Crippen molar-refractivity contribution >= 4 is 17.3 Å². The Bertz CT molecular complexity index is 814. The Morgan fingerprint density at radius 1 is 0.840 bits per heavy atom. The van der Waals surface area contributed by atoms with Gasteiger partial charge in [-0.15, -0.1) is 0 Å². The van der Waals surface area contributed by atoms with Gasteiger partial charge in [-0.1, -0.05) is 43.2 Å². The number of rotatable bonds is 5. The largest absolute Gasteiger partial charge is 0.367 e. The Labute approximate surface area is 147 Å². The van der Waals surface area contributed by atoms with Crippen molar-refractivity contribution < 1.29 is 0 Å². The maximum Gasteiger partial charge on any atom is 0.163 e. The molecule has 0 unspecified atom stereocenters. The van der Waals surface area contributed by atoms with E-state index in [9.17, 15) is 0 Å². The highest BCUT2D eigenvalue weighted by Gasteiger charge is 2.16. The molecule has 0 radical (unpaired) electrons. The topological polar surface area (TPSA) is 62.7 Å². The fourth-order valence-electron chi connectivity index (χ4n) is 3.16. The van der Waals surface area contributed by atoms with E-state index < -0.39 is 0 Å². The highest BCUT2D eigenvalue weighted by Crippen LogP contribution is 2.26. The number of anilines is 3. The second-order valence-corrected chi connectivity index (χ2v) is 6.31. The third-order valence-electron chi connectivity index (χ3n) is 4.42. The molecule has 0 aliphatic heterocycles. The summed E-state index contributed by atoms with van der Waals surface area (Å²) in [5, 5.41) is 6.92. The molecule has 1 fully saturated rings. The minimum atomic E-state index is 0.507. The summed E-state index contributed by atoms with van der Waals surface area (Å²) in [6.07, 6.45) is 8.51. The fourth-order valence-corrected chi connectivity index (χ4v) is 3.16. The van der Waals surface area contributed by atoms with Gasteiger partial charge in [0.15, 0.2) is 5.82 Å². The molecule has 0 atom stereocenters. The second-order valence-electron chi connectivity index (χ2n) is 6.31. The monoisotopic (exact) mass is 331 g/mol. The van der Waals surface area contributed by atoms with Crippen LogP contribution in [0.1, 0.15) is 25.7 Å². The minimum absolute atomic E-state index is 0.507. The van der Waals surface area contributed by atoms with Gasteiger partial charge >= 0.3 is 0 Å². The Kier molecular flexibility index (Phi) is 4.55. The molecule has 1 aliphatic rings. The standard InChI is InChI=1S/C20H21N5/c1-2-6-15(7-3-1)20-24-18(22-16-8-4-5-9-16)14-19(25-20)23-17-10-12-21-13-11-17/h1-3,6-7,10-14,16H,4-5,8-9H2,(H2,21,22,23,24,25). The van der Waals surface area contributed by atoms with E-state index in [1.165, 1.54) is 25.7 Å². The molecule has 1 aliphatic carbocycles. The van der Waals surface area contributed by atoms with Gasteiger partial charge in [0.25, 0.3) is 0 Å². The van der Waals surface area contributed by atoms with Crippen LogP contribution in [0.3, 0.4) is 0 Å². The lowest BCUT2D eigenvalue weighted by molar-refractivity contribution is 0.750. The minimum Gasteiger partial charge on any atom is -0.367 e. The first-order chi connectivity index (χ1) is 12.4. The van der Waals surface area contributed by atoms with Crippen molar-refractivity contribution in [2.75, 3.05) is 10.6 Å². The third kappa shape index (κ3) is 3.94. The molecular weight excluding hydrogens is 310 g/mol. The number of benzene rings is 1. The molecule has 1 aromatic carbocycles. The van der Waals surface area contributed by atoms with Crippen molar-refractivity contribution in [3.05, 3.63) is 60.9 Å². The molecule has 5 heteroatoms. The van der Waals surface area contributed by atoms with Crippen molar-refractivity contribution in [2.45, 2.75) is 31.7 Å². The first-order valence-electron chi connectivity index (χ1n) is 8.75. The number of nitrogens with zero attached hydrogens (tertiary/aromatic N) is 3. The van der Waals surface area contributed by atoms with E-state index in [0.29, 0.717) is 6.04 Å². The summed E-state index contributed by atoms with van der Waals surface area (Å²) in [6.45, 7) is 0.